The first-order chi connectivity index (χ1) is 7.36. The van der Waals surface area contributed by atoms with Gasteiger partial charge in [-0.25, -0.2) is 0 Å². The normalized spacial score (nSPS) is 17.3. The Morgan fingerprint density at radius 3 is 2.67 bits per heavy atom. The maximum Gasteiger partial charge on any atom is 0.251 e. The van der Waals surface area contributed by atoms with Gasteiger partial charge in [0.1, 0.15) is 0 Å². The average molecular weight is 205 g/mol. The summed E-state index contributed by atoms with van der Waals surface area (Å²) in [6.07, 6.45) is 5.29. The highest BCUT2D eigenvalue weighted by atomic mass is 16.1. The van der Waals surface area contributed by atoms with Gasteiger partial charge in [-0.2, -0.15) is 0 Å². The monoisotopic (exact) mass is 205 g/mol. The van der Waals surface area contributed by atoms with E-state index >= 15 is 0 Å². The van der Waals surface area contributed by atoms with E-state index in [-0.39, 0.29) is 5.91 Å². The van der Waals surface area contributed by atoms with Gasteiger partial charge in [-0.05, 0) is 38.1 Å². The zero-order chi connectivity index (χ0) is 10.5. The fraction of sp³-hybridized carbons (Fsp3) is 0.455. The van der Waals surface area contributed by atoms with Crippen molar-refractivity contribution in [1.82, 2.24) is 15.6 Å². The molecule has 4 heteroatoms. The fourth-order valence-corrected chi connectivity index (χ4v) is 1.74. The molecular formula is C11H15N3O. The third kappa shape index (κ3) is 2.76. The minimum Gasteiger partial charge on any atom is -0.349 e. The van der Waals surface area contributed by atoms with E-state index in [0.29, 0.717) is 11.6 Å². The number of amides is 1. The minimum absolute atomic E-state index is 0.00398. The first-order valence-corrected chi connectivity index (χ1v) is 5.28. The zero-order valence-corrected chi connectivity index (χ0v) is 8.57. The highest BCUT2D eigenvalue weighted by Crippen LogP contribution is 2.04. The molecule has 0 aliphatic carbocycles. The van der Waals surface area contributed by atoms with Gasteiger partial charge in [-0.3, -0.25) is 9.78 Å². The van der Waals surface area contributed by atoms with Crippen LogP contribution in [-0.4, -0.2) is 30.0 Å². The number of nitrogens with one attached hydrogen (secondary N) is 2. The van der Waals surface area contributed by atoms with Crippen LogP contribution in [-0.2, 0) is 0 Å². The van der Waals surface area contributed by atoms with Crippen LogP contribution in [0.1, 0.15) is 23.2 Å². The summed E-state index contributed by atoms with van der Waals surface area (Å²) in [4.78, 5) is 15.6. The van der Waals surface area contributed by atoms with Gasteiger partial charge in [0, 0.05) is 24.0 Å². The molecule has 1 fully saturated rings. The first-order valence-electron chi connectivity index (χ1n) is 5.28. The van der Waals surface area contributed by atoms with Crippen LogP contribution in [0.4, 0.5) is 0 Å². The van der Waals surface area contributed by atoms with Gasteiger partial charge in [0.15, 0.2) is 0 Å². The van der Waals surface area contributed by atoms with E-state index in [4.69, 9.17) is 0 Å². The molecule has 0 radical (unpaired) electrons. The van der Waals surface area contributed by atoms with Crippen LogP contribution >= 0.6 is 0 Å². The molecule has 0 aromatic carbocycles. The highest BCUT2D eigenvalue weighted by Gasteiger charge is 2.15. The predicted octanol–water partition coefficient (Wildman–Crippen LogP) is 0.563. The van der Waals surface area contributed by atoms with E-state index in [1.165, 1.54) is 0 Å². The lowest BCUT2D eigenvalue weighted by molar-refractivity contribution is 0.0929. The maximum absolute atomic E-state index is 11.8. The van der Waals surface area contributed by atoms with Crippen molar-refractivity contribution in [3.8, 4) is 0 Å². The SMILES string of the molecule is O=C(NC1CCNCC1)c1ccncc1. The number of carbonyl (C=O) groups is 1. The van der Waals surface area contributed by atoms with Crippen LogP contribution in [0.3, 0.4) is 0 Å². The summed E-state index contributed by atoms with van der Waals surface area (Å²) in [5.74, 6) is 0.00398. The number of piperidine rings is 1. The molecule has 15 heavy (non-hydrogen) atoms. The molecule has 0 saturated carbocycles. The number of hydrogen-bond acceptors (Lipinski definition) is 3. The van der Waals surface area contributed by atoms with Crippen LogP contribution in [0, 0.1) is 0 Å². The summed E-state index contributed by atoms with van der Waals surface area (Å²) in [6.45, 7) is 1.97. The summed E-state index contributed by atoms with van der Waals surface area (Å²) < 4.78 is 0. The van der Waals surface area contributed by atoms with Gasteiger partial charge < -0.3 is 10.6 Å². The van der Waals surface area contributed by atoms with Crippen molar-refractivity contribution in [2.24, 2.45) is 0 Å². The average Bonchev–Trinajstić information content (AvgIpc) is 2.31. The Morgan fingerprint density at radius 2 is 2.00 bits per heavy atom. The second kappa shape index (κ2) is 4.89. The molecule has 1 aliphatic heterocycles. The number of rotatable bonds is 2. The smallest absolute Gasteiger partial charge is 0.251 e. The zero-order valence-electron chi connectivity index (χ0n) is 8.57. The summed E-state index contributed by atoms with van der Waals surface area (Å²) in [7, 11) is 0. The van der Waals surface area contributed by atoms with Gasteiger partial charge in [-0.15, -0.1) is 0 Å². The van der Waals surface area contributed by atoms with Gasteiger partial charge in [0.25, 0.3) is 5.91 Å². The van der Waals surface area contributed by atoms with E-state index < -0.39 is 0 Å². The molecule has 2 N–H and O–H groups in total. The molecule has 0 atom stereocenters. The molecule has 1 aromatic rings. The lowest BCUT2D eigenvalue weighted by Gasteiger charge is -2.23. The number of nitrogens with zero attached hydrogens (tertiary/aromatic N) is 1. The van der Waals surface area contributed by atoms with Crippen LogP contribution < -0.4 is 10.6 Å². The summed E-state index contributed by atoms with van der Waals surface area (Å²) >= 11 is 0. The van der Waals surface area contributed by atoms with Crippen molar-refractivity contribution in [2.45, 2.75) is 18.9 Å². The topological polar surface area (TPSA) is 54.0 Å². The molecule has 0 unspecified atom stereocenters. The van der Waals surface area contributed by atoms with Gasteiger partial charge in [0.2, 0.25) is 0 Å². The standard InChI is InChI=1S/C11H15N3O/c15-11(9-1-5-12-6-2-9)14-10-3-7-13-8-4-10/h1-2,5-6,10,13H,3-4,7-8H2,(H,14,15). The van der Waals surface area contributed by atoms with E-state index in [1.807, 2.05) is 0 Å². The molecule has 1 aliphatic rings. The van der Waals surface area contributed by atoms with E-state index in [9.17, 15) is 4.79 Å². The Hall–Kier alpha value is -1.42. The summed E-state index contributed by atoms with van der Waals surface area (Å²) in [5, 5.41) is 6.29. The third-order valence-electron chi connectivity index (χ3n) is 2.62. The fourth-order valence-electron chi connectivity index (χ4n) is 1.74. The van der Waals surface area contributed by atoms with Gasteiger partial charge in [0.05, 0.1) is 0 Å². The lowest BCUT2D eigenvalue weighted by atomic mass is 10.1. The molecule has 1 aromatic heterocycles. The number of aromatic nitrogens is 1. The Morgan fingerprint density at radius 1 is 1.33 bits per heavy atom. The third-order valence-corrected chi connectivity index (χ3v) is 2.62. The number of pyridine rings is 1. The van der Waals surface area contributed by atoms with Crippen LogP contribution in [0.15, 0.2) is 24.5 Å². The molecule has 0 bridgehead atoms. The molecule has 1 amide bonds. The Kier molecular flexibility index (Phi) is 3.29. The number of hydrogen-bond donors (Lipinski definition) is 2. The minimum atomic E-state index is 0.00398. The molecule has 2 rings (SSSR count). The molecule has 1 saturated heterocycles. The van der Waals surface area contributed by atoms with Crippen LogP contribution in [0.25, 0.3) is 0 Å². The maximum atomic E-state index is 11.8. The Labute approximate surface area is 89.1 Å². The van der Waals surface area contributed by atoms with E-state index in [1.54, 1.807) is 24.5 Å². The largest absolute Gasteiger partial charge is 0.349 e. The van der Waals surface area contributed by atoms with Crippen molar-refractivity contribution >= 4 is 5.91 Å². The van der Waals surface area contributed by atoms with E-state index in [2.05, 4.69) is 15.6 Å². The molecular weight excluding hydrogens is 190 g/mol. The van der Waals surface area contributed by atoms with Crippen molar-refractivity contribution in [1.29, 1.82) is 0 Å². The Bertz CT molecular complexity index is 320. The van der Waals surface area contributed by atoms with Gasteiger partial charge in [-0.1, -0.05) is 0 Å². The lowest BCUT2D eigenvalue weighted by Crippen LogP contribution is -2.42. The van der Waals surface area contributed by atoms with Crippen LogP contribution in [0.5, 0.6) is 0 Å². The second-order valence-electron chi connectivity index (χ2n) is 3.73. The molecule has 0 spiro atoms. The predicted molar refractivity (Wildman–Crippen MR) is 57.6 cm³/mol. The van der Waals surface area contributed by atoms with Crippen molar-refractivity contribution < 1.29 is 4.79 Å². The molecule has 4 nitrogen and oxygen atoms in total. The highest BCUT2D eigenvalue weighted by molar-refractivity contribution is 5.94. The Balaban J connectivity index is 1.91. The number of carbonyl (C=O) groups excluding carboxylic acids is 1. The second-order valence-corrected chi connectivity index (χ2v) is 3.73. The summed E-state index contributed by atoms with van der Waals surface area (Å²) in [5.41, 5.74) is 0.684. The van der Waals surface area contributed by atoms with Crippen molar-refractivity contribution in [3.63, 3.8) is 0 Å². The van der Waals surface area contributed by atoms with Crippen molar-refractivity contribution in [2.75, 3.05) is 13.1 Å². The summed E-state index contributed by atoms with van der Waals surface area (Å²) in [6, 6.07) is 3.78. The van der Waals surface area contributed by atoms with E-state index in [0.717, 1.165) is 25.9 Å². The first kappa shape index (κ1) is 10.1. The quantitative estimate of drug-likeness (QED) is 0.742. The van der Waals surface area contributed by atoms with Gasteiger partial charge >= 0.3 is 0 Å². The van der Waals surface area contributed by atoms with Crippen LogP contribution in [0.2, 0.25) is 0 Å². The van der Waals surface area contributed by atoms with Crippen molar-refractivity contribution in [3.05, 3.63) is 30.1 Å². The molecule has 80 valence electrons. The molecule has 2 heterocycles.